The fourth-order valence-corrected chi connectivity index (χ4v) is 2.43. The maximum absolute atomic E-state index is 12.4. The van der Waals surface area contributed by atoms with Crippen molar-refractivity contribution in [3.05, 3.63) is 28.8 Å². The Balaban J connectivity index is 2.00. The van der Waals surface area contributed by atoms with Crippen LogP contribution in [0.3, 0.4) is 0 Å². The predicted octanol–water partition coefficient (Wildman–Crippen LogP) is 1.41. The maximum Gasteiger partial charge on any atom is 0.317 e. The van der Waals surface area contributed by atoms with E-state index in [2.05, 4.69) is 5.32 Å². The summed E-state index contributed by atoms with van der Waals surface area (Å²) in [5.74, 6) is -0.148. The summed E-state index contributed by atoms with van der Waals surface area (Å²) in [6.07, 6.45) is 0. The van der Waals surface area contributed by atoms with Crippen molar-refractivity contribution >= 4 is 29.2 Å². The molecule has 1 saturated heterocycles. The lowest BCUT2D eigenvalue weighted by atomic mass is 10.1. The first-order chi connectivity index (χ1) is 10.0. The van der Waals surface area contributed by atoms with Crippen LogP contribution in [0.2, 0.25) is 5.02 Å². The third kappa shape index (κ3) is 3.58. The van der Waals surface area contributed by atoms with E-state index in [1.807, 2.05) is 6.92 Å². The standard InChI is InChI=1S/C14H19ClN4O2/c1-2-17-14(21)19-7-5-18(6-8-19)13(20)11-9-10(15)3-4-12(11)16/h3-4,9H,2,5-8,16H2,1H3,(H,17,21). The van der Waals surface area contributed by atoms with Crippen LogP contribution in [0.5, 0.6) is 0 Å². The summed E-state index contributed by atoms with van der Waals surface area (Å²) in [6.45, 7) is 4.47. The summed E-state index contributed by atoms with van der Waals surface area (Å²) in [7, 11) is 0. The van der Waals surface area contributed by atoms with E-state index in [1.165, 1.54) is 0 Å². The number of rotatable bonds is 2. The van der Waals surface area contributed by atoms with Crippen LogP contribution < -0.4 is 11.1 Å². The van der Waals surface area contributed by atoms with Crippen LogP contribution in [-0.2, 0) is 0 Å². The highest BCUT2D eigenvalue weighted by Crippen LogP contribution is 2.20. The van der Waals surface area contributed by atoms with Gasteiger partial charge in [0.15, 0.2) is 0 Å². The number of hydrogen-bond acceptors (Lipinski definition) is 3. The van der Waals surface area contributed by atoms with Gasteiger partial charge in [0.25, 0.3) is 5.91 Å². The second kappa shape index (κ2) is 6.67. The molecule has 1 fully saturated rings. The molecule has 0 spiro atoms. The SMILES string of the molecule is CCNC(=O)N1CCN(C(=O)c2cc(Cl)ccc2N)CC1. The molecule has 0 aromatic heterocycles. The van der Waals surface area contributed by atoms with Gasteiger partial charge in [0.05, 0.1) is 5.56 Å². The fourth-order valence-electron chi connectivity index (χ4n) is 2.26. The second-order valence-electron chi connectivity index (χ2n) is 4.85. The molecule has 0 atom stereocenters. The van der Waals surface area contributed by atoms with Crippen LogP contribution in [0.25, 0.3) is 0 Å². The molecule has 0 bridgehead atoms. The Morgan fingerprint density at radius 2 is 1.86 bits per heavy atom. The van der Waals surface area contributed by atoms with Crippen LogP contribution in [0.15, 0.2) is 18.2 Å². The first-order valence-electron chi connectivity index (χ1n) is 6.90. The first kappa shape index (κ1) is 15.4. The number of nitrogens with one attached hydrogen (secondary N) is 1. The molecule has 2 rings (SSSR count). The average molecular weight is 311 g/mol. The van der Waals surface area contributed by atoms with Gasteiger partial charge < -0.3 is 20.9 Å². The number of nitrogen functional groups attached to an aromatic ring is 1. The van der Waals surface area contributed by atoms with Crippen LogP contribution >= 0.6 is 11.6 Å². The van der Waals surface area contributed by atoms with Crippen molar-refractivity contribution in [2.24, 2.45) is 0 Å². The van der Waals surface area contributed by atoms with Crippen molar-refractivity contribution in [3.63, 3.8) is 0 Å². The normalized spacial score (nSPS) is 15.0. The van der Waals surface area contributed by atoms with Crippen molar-refractivity contribution < 1.29 is 9.59 Å². The van der Waals surface area contributed by atoms with Crippen molar-refractivity contribution in [1.29, 1.82) is 0 Å². The molecule has 0 saturated carbocycles. The number of nitrogens with two attached hydrogens (primary N) is 1. The lowest BCUT2D eigenvalue weighted by molar-refractivity contribution is 0.0666. The quantitative estimate of drug-likeness (QED) is 0.811. The van der Waals surface area contributed by atoms with E-state index in [9.17, 15) is 9.59 Å². The lowest BCUT2D eigenvalue weighted by Gasteiger charge is -2.34. The van der Waals surface area contributed by atoms with E-state index in [-0.39, 0.29) is 11.9 Å². The Morgan fingerprint density at radius 3 is 2.48 bits per heavy atom. The molecule has 21 heavy (non-hydrogen) atoms. The summed E-state index contributed by atoms with van der Waals surface area (Å²) >= 11 is 5.91. The molecule has 0 unspecified atom stereocenters. The van der Waals surface area contributed by atoms with Gasteiger partial charge in [-0.15, -0.1) is 0 Å². The van der Waals surface area contributed by atoms with Gasteiger partial charge in [-0.3, -0.25) is 4.79 Å². The molecule has 0 radical (unpaired) electrons. The number of hydrogen-bond donors (Lipinski definition) is 2. The Bertz CT molecular complexity index is 542. The highest BCUT2D eigenvalue weighted by molar-refractivity contribution is 6.31. The summed E-state index contributed by atoms with van der Waals surface area (Å²) in [6, 6.07) is 4.77. The summed E-state index contributed by atoms with van der Waals surface area (Å²) in [5, 5.41) is 3.23. The van der Waals surface area contributed by atoms with Crippen LogP contribution in [-0.4, -0.2) is 54.5 Å². The lowest BCUT2D eigenvalue weighted by Crippen LogP contribution is -2.53. The molecule has 3 amide bonds. The topological polar surface area (TPSA) is 78.7 Å². The van der Waals surface area contributed by atoms with Gasteiger partial charge in [0, 0.05) is 43.4 Å². The van der Waals surface area contributed by atoms with Crippen molar-refractivity contribution in [3.8, 4) is 0 Å². The zero-order valence-electron chi connectivity index (χ0n) is 11.9. The largest absolute Gasteiger partial charge is 0.398 e. The monoisotopic (exact) mass is 310 g/mol. The van der Waals surface area contributed by atoms with E-state index in [4.69, 9.17) is 17.3 Å². The Kier molecular flexibility index (Phi) is 4.90. The predicted molar refractivity (Wildman–Crippen MR) is 82.4 cm³/mol. The molecule has 1 aromatic carbocycles. The number of nitrogens with zero attached hydrogens (tertiary/aromatic N) is 2. The van der Waals surface area contributed by atoms with Crippen LogP contribution in [0.1, 0.15) is 17.3 Å². The molecule has 1 aliphatic rings. The molecule has 3 N–H and O–H groups in total. The smallest absolute Gasteiger partial charge is 0.317 e. The Labute approximate surface area is 128 Å². The van der Waals surface area contributed by atoms with Crippen LogP contribution in [0.4, 0.5) is 10.5 Å². The van der Waals surface area contributed by atoms with Gasteiger partial charge in [-0.1, -0.05) is 11.6 Å². The van der Waals surface area contributed by atoms with E-state index < -0.39 is 0 Å². The molecule has 114 valence electrons. The van der Waals surface area contributed by atoms with Crippen molar-refractivity contribution in [2.75, 3.05) is 38.5 Å². The van der Waals surface area contributed by atoms with E-state index in [1.54, 1.807) is 28.0 Å². The number of urea groups is 1. The van der Waals surface area contributed by atoms with Crippen LogP contribution in [0, 0.1) is 0 Å². The van der Waals surface area contributed by atoms with Gasteiger partial charge in [-0.25, -0.2) is 4.79 Å². The van der Waals surface area contributed by atoms with Crippen molar-refractivity contribution in [2.45, 2.75) is 6.92 Å². The zero-order chi connectivity index (χ0) is 15.4. The van der Waals surface area contributed by atoms with Gasteiger partial charge in [-0.05, 0) is 25.1 Å². The number of benzene rings is 1. The number of anilines is 1. The Morgan fingerprint density at radius 1 is 1.24 bits per heavy atom. The van der Waals surface area contributed by atoms with E-state index >= 15 is 0 Å². The third-order valence-corrected chi connectivity index (χ3v) is 3.66. The van der Waals surface area contributed by atoms with Gasteiger partial charge >= 0.3 is 6.03 Å². The number of amides is 3. The molecular formula is C14H19ClN4O2. The molecule has 1 aliphatic heterocycles. The fraction of sp³-hybridized carbons (Fsp3) is 0.429. The average Bonchev–Trinajstić information content (AvgIpc) is 2.49. The molecule has 6 nitrogen and oxygen atoms in total. The number of halogens is 1. The summed E-state index contributed by atoms with van der Waals surface area (Å²) < 4.78 is 0. The Hall–Kier alpha value is -1.95. The first-order valence-corrected chi connectivity index (χ1v) is 7.27. The molecule has 0 aliphatic carbocycles. The van der Waals surface area contributed by atoms with Gasteiger partial charge in [0.1, 0.15) is 0 Å². The maximum atomic E-state index is 12.4. The minimum Gasteiger partial charge on any atom is -0.398 e. The van der Waals surface area contributed by atoms with Gasteiger partial charge in [0.2, 0.25) is 0 Å². The summed E-state index contributed by atoms with van der Waals surface area (Å²) in [5.41, 5.74) is 6.66. The van der Waals surface area contributed by atoms with Gasteiger partial charge in [-0.2, -0.15) is 0 Å². The van der Waals surface area contributed by atoms with E-state index in [0.717, 1.165) is 0 Å². The highest BCUT2D eigenvalue weighted by Gasteiger charge is 2.25. The molecule has 1 aromatic rings. The zero-order valence-corrected chi connectivity index (χ0v) is 12.7. The minimum absolute atomic E-state index is 0.0909. The number of carbonyl (C=O) groups is 2. The third-order valence-electron chi connectivity index (χ3n) is 3.43. The number of piperazine rings is 1. The minimum atomic E-state index is -0.148. The van der Waals surface area contributed by atoms with E-state index in [0.29, 0.717) is 49.0 Å². The second-order valence-corrected chi connectivity index (χ2v) is 5.28. The molecular weight excluding hydrogens is 292 g/mol. The molecule has 1 heterocycles. The van der Waals surface area contributed by atoms with Crippen molar-refractivity contribution in [1.82, 2.24) is 15.1 Å². The number of carbonyl (C=O) groups excluding carboxylic acids is 2. The summed E-state index contributed by atoms with van der Waals surface area (Å²) in [4.78, 5) is 27.6. The molecule has 7 heteroatoms. The highest BCUT2D eigenvalue weighted by atomic mass is 35.5.